The van der Waals surface area contributed by atoms with Crippen molar-refractivity contribution in [2.45, 2.75) is 58.4 Å². The molecule has 0 spiro atoms. The van der Waals surface area contributed by atoms with Crippen molar-refractivity contribution >= 4 is 40.6 Å². The van der Waals surface area contributed by atoms with Crippen LogP contribution in [0.5, 0.6) is 5.75 Å². The summed E-state index contributed by atoms with van der Waals surface area (Å²) in [7, 11) is 1.26. The summed E-state index contributed by atoms with van der Waals surface area (Å²) < 4.78 is 16.8. The Bertz CT molecular complexity index is 991. The summed E-state index contributed by atoms with van der Waals surface area (Å²) in [6.07, 6.45) is -0.502. The van der Waals surface area contributed by atoms with Crippen LogP contribution in [0.25, 0.3) is 0 Å². The smallest absolute Gasteiger partial charge is 0.408 e. The predicted octanol–water partition coefficient (Wildman–Crippen LogP) is 3.98. The molecule has 2 aromatic rings. The van der Waals surface area contributed by atoms with Gasteiger partial charge >= 0.3 is 12.1 Å². The zero-order valence-corrected chi connectivity index (χ0v) is 22.2. The number of esters is 1. The first-order valence-corrected chi connectivity index (χ1v) is 11.9. The number of carbonyl (C=O) groups excluding carboxylic acids is 3. The first-order valence-electron chi connectivity index (χ1n) is 10.8. The normalized spacial score (nSPS) is 12.8. The van der Waals surface area contributed by atoms with E-state index in [9.17, 15) is 14.4 Å². The van der Waals surface area contributed by atoms with E-state index < -0.39 is 35.7 Å². The van der Waals surface area contributed by atoms with Crippen molar-refractivity contribution in [1.82, 2.24) is 10.6 Å². The Morgan fingerprint density at radius 3 is 2.26 bits per heavy atom. The van der Waals surface area contributed by atoms with Crippen LogP contribution in [0.2, 0.25) is 0 Å². The third-order valence-electron chi connectivity index (χ3n) is 4.60. The standard InChI is InChI=1S/C25H31IN2O6/c1-16(27-24(31)34-25(2,3)4)22(29)28-20(23(30)32-5)14-18-11-12-21(19(26)13-18)33-15-17-9-7-6-8-10-17/h6-13,16,20H,14-15H2,1-5H3,(H,27,31)(H,28,29)/t16-,20-/m0/s1. The molecule has 0 aliphatic carbocycles. The molecule has 2 rings (SSSR count). The number of rotatable bonds is 9. The fraction of sp³-hybridized carbons (Fsp3) is 0.400. The number of hydrogen-bond donors (Lipinski definition) is 2. The van der Waals surface area contributed by atoms with Crippen LogP contribution in [-0.2, 0) is 32.1 Å². The SMILES string of the molecule is COC(=O)[C@H](Cc1ccc(OCc2ccccc2)c(I)c1)NC(=O)[C@H](C)NC(=O)OC(C)(C)C. The van der Waals surface area contributed by atoms with Gasteiger partial charge in [-0.3, -0.25) is 4.79 Å². The average Bonchev–Trinajstić information content (AvgIpc) is 2.76. The Hall–Kier alpha value is -2.82. The van der Waals surface area contributed by atoms with E-state index in [2.05, 4.69) is 33.2 Å². The largest absolute Gasteiger partial charge is 0.488 e. The molecule has 0 radical (unpaired) electrons. The van der Waals surface area contributed by atoms with Crippen molar-refractivity contribution in [1.29, 1.82) is 0 Å². The molecule has 2 atom stereocenters. The van der Waals surface area contributed by atoms with Gasteiger partial charge in [0, 0.05) is 6.42 Å². The van der Waals surface area contributed by atoms with E-state index in [1.165, 1.54) is 14.0 Å². The van der Waals surface area contributed by atoms with Crippen LogP contribution < -0.4 is 15.4 Å². The number of alkyl carbamates (subject to hydrolysis) is 1. The van der Waals surface area contributed by atoms with Gasteiger partial charge in [-0.25, -0.2) is 9.59 Å². The Morgan fingerprint density at radius 1 is 1.00 bits per heavy atom. The molecule has 8 nitrogen and oxygen atoms in total. The van der Waals surface area contributed by atoms with Crippen molar-refractivity contribution in [3.05, 3.63) is 63.2 Å². The zero-order chi connectivity index (χ0) is 25.3. The molecule has 0 unspecified atom stereocenters. The maximum absolute atomic E-state index is 12.6. The maximum atomic E-state index is 12.6. The van der Waals surface area contributed by atoms with E-state index in [1.54, 1.807) is 20.8 Å². The highest BCUT2D eigenvalue weighted by Crippen LogP contribution is 2.24. The molecule has 184 valence electrons. The van der Waals surface area contributed by atoms with Crippen molar-refractivity contribution in [2.24, 2.45) is 0 Å². The van der Waals surface area contributed by atoms with Gasteiger partial charge in [0.2, 0.25) is 5.91 Å². The quantitative estimate of drug-likeness (QED) is 0.343. The second-order valence-corrected chi connectivity index (χ2v) is 9.86. The minimum Gasteiger partial charge on any atom is -0.488 e. The van der Waals surface area contributed by atoms with E-state index in [-0.39, 0.29) is 6.42 Å². The van der Waals surface area contributed by atoms with E-state index in [1.807, 2.05) is 48.5 Å². The molecule has 0 bridgehead atoms. The molecule has 9 heteroatoms. The van der Waals surface area contributed by atoms with Gasteiger partial charge in [0.05, 0.1) is 10.7 Å². The van der Waals surface area contributed by atoms with Gasteiger partial charge < -0.3 is 24.8 Å². The molecular weight excluding hydrogens is 551 g/mol. The highest BCUT2D eigenvalue weighted by Gasteiger charge is 2.27. The van der Waals surface area contributed by atoms with Crippen LogP contribution in [0.4, 0.5) is 4.79 Å². The summed E-state index contributed by atoms with van der Waals surface area (Å²) in [5, 5.41) is 5.11. The van der Waals surface area contributed by atoms with Gasteiger partial charge in [-0.15, -0.1) is 0 Å². The van der Waals surface area contributed by atoms with E-state index in [0.717, 1.165) is 20.4 Å². The van der Waals surface area contributed by atoms with Gasteiger partial charge in [0.25, 0.3) is 0 Å². The summed E-state index contributed by atoms with van der Waals surface area (Å²) in [6.45, 7) is 7.13. The lowest BCUT2D eigenvalue weighted by molar-refractivity contribution is -0.145. The molecular formula is C25H31IN2O6. The number of carbonyl (C=O) groups is 3. The lowest BCUT2D eigenvalue weighted by atomic mass is 10.1. The number of amides is 2. The summed E-state index contributed by atoms with van der Waals surface area (Å²) in [5.74, 6) is -0.391. The summed E-state index contributed by atoms with van der Waals surface area (Å²) in [5.41, 5.74) is 1.19. The molecule has 2 amide bonds. The second kappa shape index (κ2) is 12.6. The third kappa shape index (κ3) is 9.20. The number of halogens is 1. The van der Waals surface area contributed by atoms with E-state index >= 15 is 0 Å². The summed E-state index contributed by atoms with van der Waals surface area (Å²) >= 11 is 2.17. The Kier molecular flexibility index (Phi) is 10.2. The molecule has 0 saturated heterocycles. The van der Waals surface area contributed by atoms with Crippen LogP contribution in [0.3, 0.4) is 0 Å². The van der Waals surface area contributed by atoms with Crippen molar-refractivity contribution in [3.8, 4) is 5.75 Å². The molecule has 0 fully saturated rings. The summed E-state index contributed by atoms with van der Waals surface area (Å²) in [6, 6.07) is 13.6. The Labute approximate surface area is 213 Å². The van der Waals surface area contributed by atoms with Crippen LogP contribution in [0, 0.1) is 3.57 Å². The maximum Gasteiger partial charge on any atom is 0.408 e. The first kappa shape index (κ1) is 27.4. The van der Waals surface area contributed by atoms with Crippen LogP contribution in [0.1, 0.15) is 38.8 Å². The highest BCUT2D eigenvalue weighted by molar-refractivity contribution is 14.1. The molecule has 2 N–H and O–H groups in total. The van der Waals surface area contributed by atoms with Crippen LogP contribution in [0.15, 0.2) is 48.5 Å². The molecule has 0 aliphatic heterocycles. The third-order valence-corrected chi connectivity index (χ3v) is 5.45. The monoisotopic (exact) mass is 582 g/mol. The number of ether oxygens (including phenoxy) is 3. The number of benzene rings is 2. The van der Waals surface area contributed by atoms with Crippen molar-refractivity contribution in [3.63, 3.8) is 0 Å². The van der Waals surface area contributed by atoms with Gasteiger partial charge in [-0.2, -0.15) is 0 Å². The zero-order valence-electron chi connectivity index (χ0n) is 20.0. The minimum atomic E-state index is -0.924. The molecule has 2 aromatic carbocycles. The predicted molar refractivity (Wildman–Crippen MR) is 136 cm³/mol. The molecule has 34 heavy (non-hydrogen) atoms. The van der Waals surface area contributed by atoms with E-state index in [4.69, 9.17) is 14.2 Å². The van der Waals surface area contributed by atoms with Gasteiger partial charge in [0.15, 0.2) is 0 Å². The first-order chi connectivity index (χ1) is 16.0. The molecule has 0 saturated carbocycles. The molecule has 0 aliphatic rings. The fourth-order valence-corrected chi connectivity index (χ4v) is 3.68. The number of hydrogen-bond acceptors (Lipinski definition) is 6. The Morgan fingerprint density at radius 2 is 1.68 bits per heavy atom. The second-order valence-electron chi connectivity index (χ2n) is 8.70. The number of methoxy groups -OCH3 is 1. The van der Waals surface area contributed by atoms with E-state index in [0.29, 0.717) is 6.61 Å². The number of nitrogens with one attached hydrogen (secondary N) is 2. The lowest BCUT2D eigenvalue weighted by Gasteiger charge is -2.23. The lowest BCUT2D eigenvalue weighted by Crippen LogP contribution is -2.52. The fourth-order valence-electron chi connectivity index (χ4n) is 2.94. The van der Waals surface area contributed by atoms with Crippen LogP contribution in [-0.4, -0.2) is 42.8 Å². The van der Waals surface area contributed by atoms with Gasteiger partial charge in [0.1, 0.15) is 30.0 Å². The van der Waals surface area contributed by atoms with Crippen molar-refractivity contribution in [2.75, 3.05) is 7.11 Å². The minimum absolute atomic E-state index is 0.215. The highest BCUT2D eigenvalue weighted by atomic mass is 127. The molecule has 0 heterocycles. The topological polar surface area (TPSA) is 103 Å². The average molecular weight is 582 g/mol. The molecule has 0 aromatic heterocycles. The van der Waals surface area contributed by atoms with Crippen molar-refractivity contribution < 1.29 is 28.6 Å². The van der Waals surface area contributed by atoms with Gasteiger partial charge in [-0.05, 0) is 73.5 Å². The summed E-state index contributed by atoms with van der Waals surface area (Å²) in [4.78, 5) is 36.9. The Balaban J connectivity index is 2.01. The van der Waals surface area contributed by atoms with Gasteiger partial charge in [-0.1, -0.05) is 36.4 Å². The van der Waals surface area contributed by atoms with Crippen LogP contribution >= 0.6 is 22.6 Å².